The normalized spacial score (nSPS) is 26.5. The highest BCUT2D eigenvalue weighted by molar-refractivity contribution is 6.30. The van der Waals surface area contributed by atoms with Gasteiger partial charge in [-0.3, -0.25) is 4.79 Å². The van der Waals surface area contributed by atoms with Gasteiger partial charge in [0.1, 0.15) is 5.82 Å². The van der Waals surface area contributed by atoms with Crippen LogP contribution in [0.15, 0.2) is 18.2 Å². The van der Waals surface area contributed by atoms with Gasteiger partial charge in [-0.1, -0.05) is 17.7 Å². The van der Waals surface area contributed by atoms with Crippen LogP contribution in [0.2, 0.25) is 5.02 Å². The maximum absolute atomic E-state index is 13.4. The van der Waals surface area contributed by atoms with Gasteiger partial charge in [-0.05, 0) is 37.0 Å². The monoisotopic (exact) mass is 327 g/mol. The lowest BCUT2D eigenvalue weighted by atomic mass is 9.58. The van der Waals surface area contributed by atoms with Gasteiger partial charge in [-0.2, -0.15) is 0 Å². The summed E-state index contributed by atoms with van der Waals surface area (Å²) < 4.78 is 18.7. The lowest BCUT2D eigenvalue weighted by molar-refractivity contribution is -0.155. The molecule has 4 nitrogen and oxygen atoms in total. The third-order valence-electron chi connectivity index (χ3n) is 4.92. The topological polar surface area (TPSA) is 58.6 Å². The Kier molecular flexibility index (Phi) is 4.39. The number of nitrogens with one attached hydrogen (secondary N) is 1. The van der Waals surface area contributed by atoms with Crippen molar-refractivity contribution in [2.45, 2.75) is 37.8 Å². The number of halogens is 2. The summed E-state index contributed by atoms with van der Waals surface area (Å²) in [5.41, 5.74) is 0.333. The van der Waals surface area contributed by atoms with Gasteiger partial charge in [-0.25, -0.2) is 4.39 Å². The van der Waals surface area contributed by atoms with Gasteiger partial charge in [0.05, 0.1) is 17.5 Å². The summed E-state index contributed by atoms with van der Waals surface area (Å²) in [5.74, 6) is -0.684. The smallest absolute Gasteiger partial charge is 0.224 e. The molecule has 0 unspecified atom stereocenters. The van der Waals surface area contributed by atoms with Crippen LogP contribution in [0.4, 0.5) is 4.39 Å². The number of hydrogen-bond donors (Lipinski definition) is 2. The first-order valence-corrected chi connectivity index (χ1v) is 7.88. The van der Waals surface area contributed by atoms with Gasteiger partial charge in [-0.15, -0.1) is 0 Å². The van der Waals surface area contributed by atoms with Gasteiger partial charge in [0.25, 0.3) is 0 Å². The zero-order valence-electron chi connectivity index (χ0n) is 12.1. The molecule has 2 aliphatic rings. The molecule has 2 fully saturated rings. The number of aliphatic hydroxyl groups is 1. The summed E-state index contributed by atoms with van der Waals surface area (Å²) in [6, 6.07) is 4.34. The van der Waals surface area contributed by atoms with Crippen molar-refractivity contribution in [3.63, 3.8) is 0 Å². The molecular formula is C16H19ClFNO3. The van der Waals surface area contributed by atoms with Gasteiger partial charge in [0, 0.05) is 24.7 Å². The molecule has 1 heterocycles. The first-order valence-electron chi connectivity index (χ1n) is 7.50. The molecule has 22 heavy (non-hydrogen) atoms. The number of aliphatic hydroxyl groups excluding tert-OH is 1. The van der Waals surface area contributed by atoms with E-state index in [1.807, 2.05) is 0 Å². The Hall–Kier alpha value is -1.17. The fourth-order valence-electron chi connectivity index (χ4n) is 3.48. The van der Waals surface area contributed by atoms with Crippen LogP contribution in [0.25, 0.3) is 0 Å². The van der Waals surface area contributed by atoms with Crippen LogP contribution in [-0.4, -0.2) is 36.4 Å². The Morgan fingerprint density at radius 3 is 2.82 bits per heavy atom. The van der Waals surface area contributed by atoms with E-state index in [2.05, 4.69) is 5.32 Å². The average molecular weight is 328 g/mol. The number of carbonyl (C=O) groups excluding carboxylic acids is 1. The molecule has 1 saturated carbocycles. The van der Waals surface area contributed by atoms with Crippen LogP contribution in [0.1, 0.15) is 24.8 Å². The van der Waals surface area contributed by atoms with Crippen LogP contribution in [0.5, 0.6) is 0 Å². The summed E-state index contributed by atoms with van der Waals surface area (Å²) >= 11 is 5.63. The van der Waals surface area contributed by atoms with E-state index in [1.165, 1.54) is 12.1 Å². The first-order chi connectivity index (χ1) is 10.5. The molecular weight excluding hydrogens is 309 g/mol. The largest absolute Gasteiger partial charge is 0.392 e. The van der Waals surface area contributed by atoms with Crippen molar-refractivity contribution in [3.05, 3.63) is 34.6 Å². The molecule has 6 heteroatoms. The lowest BCUT2D eigenvalue weighted by Gasteiger charge is -2.55. The third-order valence-corrected chi connectivity index (χ3v) is 5.23. The van der Waals surface area contributed by atoms with Gasteiger partial charge in [0.15, 0.2) is 0 Å². The van der Waals surface area contributed by atoms with E-state index < -0.39 is 5.82 Å². The molecule has 1 amide bonds. The second-order valence-electron chi connectivity index (χ2n) is 6.14. The SMILES string of the molecule is O=C(Cc1ccc(Cl)c(F)c1)N[C@@H]1C[C@@H](O)C12CCOCC2. The quantitative estimate of drug-likeness (QED) is 0.893. The molecule has 1 aliphatic carbocycles. The van der Waals surface area contributed by atoms with Crippen LogP contribution in [-0.2, 0) is 16.0 Å². The zero-order chi connectivity index (χ0) is 15.7. The number of rotatable bonds is 3. The zero-order valence-corrected chi connectivity index (χ0v) is 12.9. The van der Waals surface area contributed by atoms with Crippen molar-refractivity contribution in [3.8, 4) is 0 Å². The summed E-state index contributed by atoms with van der Waals surface area (Å²) in [6.45, 7) is 1.23. The van der Waals surface area contributed by atoms with Crippen molar-refractivity contribution >= 4 is 17.5 Å². The first kappa shape index (κ1) is 15.7. The van der Waals surface area contributed by atoms with Crippen molar-refractivity contribution in [2.75, 3.05) is 13.2 Å². The summed E-state index contributed by atoms with van der Waals surface area (Å²) in [6.07, 6.45) is 1.81. The minimum absolute atomic E-state index is 0.0314. The van der Waals surface area contributed by atoms with Gasteiger partial charge in [0.2, 0.25) is 5.91 Å². The highest BCUT2D eigenvalue weighted by Crippen LogP contribution is 2.48. The summed E-state index contributed by atoms with van der Waals surface area (Å²) in [7, 11) is 0. The molecule has 1 aromatic rings. The number of hydrogen-bond acceptors (Lipinski definition) is 3. The Balaban J connectivity index is 1.61. The lowest BCUT2D eigenvalue weighted by Crippen LogP contribution is -2.65. The number of benzene rings is 1. The molecule has 2 N–H and O–H groups in total. The van der Waals surface area contributed by atoms with E-state index in [-0.39, 0.29) is 34.9 Å². The predicted molar refractivity (Wildman–Crippen MR) is 80.2 cm³/mol. The molecule has 0 radical (unpaired) electrons. The van der Waals surface area contributed by atoms with Crippen molar-refractivity contribution in [1.82, 2.24) is 5.32 Å². The van der Waals surface area contributed by atoms with Crippen molar-refractivity contribution in [2.24, 2.45) is 5.41 Å². The summed E-state index contributed by atoms with van der Waals surface area (Å²) in [4.78, 5) is 12.2. The minimum atomic E-state index is -0.521. The van der Waals surface area contributed by atoms with E-state index in [1.54, 1.807) is 6.07 Å². The predicted octanol–water partition coefficient (Wildman–Crippen LogP) is 2.07. The summed E-state index contributed by atoms with van der Waals surface area (Å²) in [5, 5.41) is 13.1. The number of ether oxygens (including phenoxy) is 1. The van der Waals surface area contributed by atoms with Crippen LogP contribution >= 0.6 is 11.6 Å². The number of amides is 1. The Morgan fingerprint density at radius 1 is 1.45 bits per heavy atom. The second-order valence-corrected chi connectivity index (χ2v) is 6.55. The molecule has 0 aromatic heterocycles. The molecule has 1 aliphatic heterocycles. The van der Waals surface area contributed by atoms with E-state index >= 15 is 0 Å². The minimum Gasteiger partial charge on any atom is -0.392 e. The molecule has 1 spiro atoms. The van der Waals surface area contributed by atoms with Crippen LogP contribution in [0, 0.1) is 11.2 Å². The Labute approximate surface area is 133 Å². The fraction of sp³-hybridized carbons (Fsp3) is 0.562. The van der Waals surface area contributed by atoms with E-state index in [0.29, 0.717) is 25.2 Å². The molecule has 2 atom stereocenters. The van der Waals surface area contributed by atoms with Crippen molar-refractivity contribution < 1.29 is 19.0 Å². The Bertz CT molecular complexity index is 575. The van der Waals surface area contributed by atoms with Crippen LogP contribution in [0.3, 0.4) is 0 Å². The maximum atomic E-state index is 13.4. The van der Waals surface area contributed by atoms with E-state index in [0.717, 1.165) is 12.8 Å². The van der Waals surface area contributed by atoms with E-state index in [9.17, 15) is 14.3 Å². The number of carbonyl (C=O) groups is 1. The maximum Gasteiger partial charge on any atom is 0.224 e. The van der Waals surface area contributed by atoms with Crippen LogP contribution < -0.4 is 5.32 Å². The molecule has 1 aromatic carbocycles. The van der Waals surface area contributed by atoms with Gasteiger partial charge >= 0.3 is 0 Å². The average Bonchev–Trinajstić information content (AvgIpc) is 2.51. The van der Waals surface area contributed by atoms with E-state index in [4.69, 9.17) is 16.3 Å². The van der Waals surface area contributed by atoms with Gasteiger partial charge < -0.3 is 15.2 Å². The molecule has 3 rings (SSSR count). The standard InChI is InChI=1S/C16H19ClFNO3/c17-11-2-1-10(7-12(11)18)8-15(21)19-13-9-14(20)16(13)3-5-22-6-4-16/h1-2,7,13-14,20H,3-6,8-9H2,(H,19,21)/t13-,14-/m1/s1. The Morgan fingerprint density at radius 2 is 2.18 bits per heavy atom. The highest BCUT2D eigenvalue weighted by atomic mass is 35.5. The molecule has 120 valence electrons. The molecule has 0 bridgehead atoms. The fourth-order valence-corrected chi connectivity index (χ4v) is 3.60. The second kappa shape index (κ2) is 6.14. The highest BCUT2D eigenvalue weighted by Gasteiger charge is 2.55. The molecule has 1 saturated heterocycles. The third kappa shape index (κ3) is 2.85. The van der Waals surface area contributed by atoms with Crippen molar-refractivity contribution in [1.29, 1.82) is 0 Å².